The van der Waals surface area contributed by atoms with Crippen LogP contribution in [-0.2, 0) is 9.53 Å². The van der Waals surface area contributed by atoms with Crippen LogP contribution >= 0.6 is 0 Å². The number of ketones is 1. The van der Waals surface area contributed by atoms with E-state index in [1.54, 1.807) is 0 Å². The predicted octanol–water partition coefficient (Wildman–Crippen LogP) is 3.20. The molecule has 0 saturated carbocycles. The Kier molecular flexibility index (Phi) is 8.95. The number of hydrogen-bond donors (Lipinski definition) is 0. The minimum absolute atomic E-state index is 0.349. The molecule has 0 aliphatic heterocycles. The maximum absolute atomic E-state index is 11.4. The Balaban J connectivity index is 3.35. The van der Waals surface area contributed by atoms with E-state index in [2.05, 4.69) is 20.8 Å². The van der Waals surface area contributed by atoms with E-state index in [0.29, 0.717) is 24.7 Å². The van der Waals surface area contributed by atoms with E-state index in [-0.39, 0.29) is 0 Å². The van der Waals surface area contributed by atoms with E-state index in [1.807, 2.05) is 0 Å². The molecule has 1 unspecified atom stereocenters. The highest BCUT2D eigenvalue weighted by atomic mass is 16.5. The van der Waals surface area contributed by atoms with Gasteiger partial charge in [-0.05, 0) is 12.3 Å². The van der Waals surface area contributed by atoms with Crippen LogP contribution < -0.4 is 0 Å². The van der Waals surface area contributed by atoms with Crippen LogP contribution in [0.15, 0.2) is 0 Å². The number of Topliss-reactive ketones (excluding diaryl/α,β-unsaturated/α-hetero) is 1. The van der Waals surface area contributed by atoms with Crippen molar-refractivity contribution >= 4 is 5.78 Å². The van der Waals surface area contributed by atoms with Gasteiger partial charge in [-0.15, -0.1) is 0 Å². The highest BCUT2D eigenvalue weighted by molar-refractivity contribution is 5.78. The second-order valence-corrected chi connectivity index (χ2v) is 4.00. The lowest BCUT2D eigenvalue weighted by Gasteiger charge is -2.08. The van der Waals surface area contributed by atoms with Crippen molar-refractivity contribution in [3.8, 4) is 0 Å². The fraction of sp³-hybridized carbons (Fsp3) is 0.917. The zero-order valence-corrected chi connectivity index (χ0v) is 9.84. The van der Waals surface area contributed by atoms with Gasteiger partial charge >= 0.3 is 0 Å². The molecule has 0 radical (unpaired) electrons. The summed E-state index contributed by atoms with van der Waals surface area (Å²) < 4.78 is 5.27. The van der Waals surface area contributed by atoms with Crippen molar-refractivity contribution < 1.29 is 9.53 Å². The minimum Gasteiger partial charge on any atom is -0.381 e. The fourth-order valence-corrected chi connectivity index (χ4v) is 1.52. The van der Waals surface area contributed by atoms with Crippen LogP contribution in [-0.4, -0.2) is 19.0 Å². The van der Waals surface area contributed by atoms with Crippen molar-refractivity contribution in [1.29, 1.82) is 0 Å². The Morgan fingerprint density at radius 2 is 1.93 bits per heavy atom. The molecule has 0 spiro atoms. The van der Waals surface area contributed by atoms with Gasteiger partial charge in [-0.1, -0.05) is 33.6 Å². The van der Waals surface area contributed by atoms with E-state index in [0.717, 1.165) is 25.9 Å². The van der Waals surface area contributed by atoms with Crippen molar-refractivity contribution in [2.24, 2.45) is 5.92 Å². The second kappa shape index (κ2) is 9.20. The summed E-state index contributed by atoms with van der Waals surface area (Å²) in [5.41, 5.74) is 0. The van der Waals surface area contributed by atoms with Crippen LogP contribution in [0.4, 0.5) is 0 Å². The molecule has 0 saturated heterocycles. The van der Waals surface area contributed by atoms with Crippen molar-refractivity contribution in [3.05, 3.63) is 0 Å². The molecule has 0 aromatic carbocycles. The number of carbonyl (C=O) groups excluding carboxylic acids is 1. The topological polar surface area (TPSA) is 26.3 Å². The largest absolute Gasteiger partial charge is 0.381 e. The average Bonchev–Trinajstić information content (AvgIpc) is 2.13. The first-order chi connectivity index (χ1) is 6.70. The molecule has 0 heterocycles. The van der Waals surface area contributed by atoms with Crippen LogP contribution in [0.25, 0.3) is 0 Å². The Morgan fingerprint density at radius 1 is 1.21 bits per heavy atom. The van der Waals surface area contributed by atoms with Gasteiger partial charge in [0.05, 0.1) is 6.61 Å². The predicted molar refractivity (Wildman–Crippen MR) is 59.4 cm³/mol. The first kappa shape index (κ1) is 13.6. The van der Waals surface area contributed by atoms with Crippen molar-refractivity contribution in [2.75, 3.05) is 13.2 Å². The van der Waals surface area contributed by atoms with Gasteiger partial charge in [0, 0.05) is 19.4 Å². The van der Waals surface area contributed by atoms with Crippen LogP contribution in [0.1, 0.15) is 52.9 Å². The van der Waals surface area contributed by atoms with Gasteiger partial charge in [0.2, 0.25) is 0 Å². The maximum atomic E-state index is 11.4. The van der Waals surface area contributed by atoms with Gasteiger partial charge in [0.25, 0.3) is 0 Å². The second-order valence-electron chi connectivity index (χ2n) is 4.00. The summed E-state index contributed by atoms with van der Waals surface area (Å²) in [6.45, 7) is 7.76. The van der Waals surface area contributed by atoms with E-state index in [9.17, 15) is 4.79 Å². The molecule has 0 aromatic heterocycles. The summed E-state index contributed by atoms with van der Waals surface area (Å²) in [6, 6.07) is 0. The first-order valence-corrected chi connectivity index (χ1v) is 5.80. The smallest absolute Gasteiger partial charge is 0.135 e. The van der Waals surface area contributed by atoms with Crippen LogP contribution in [0.3, 0.4) is 0 Å². The molecule has 0 fully saturated rings. The monoisotopic (exact) mass is 200 g/mol. The van der Waals surface area contributed by atoms with Crippen LogP contribution in [0, 0.1) is 5.92 Å². The lowest BCUT2D eigenvalue weighted by atomic mass is 9.98. The Bertz CT molecular complexity index is 143. The van der Waals surface area contributed by atoms with Gasteiger partial charge < -0.3 is 4.74 Å². The molecule has 2 heteroatoms. The summed E-state index contributed by atoms with van der Waals surface area (Å²) >= 11 is 0. The third-order valence-electron chi connectivity index (χ3n) is 2.23. The highest BCUT2D eigenvalue weighted by Gasteiger charge is 2.07. The molecule has 84 valence electrons. The molecule has 2 nitrogen and oxygen atoms in total. The first-order valence-electron chi connectivity index (χ1n) is 5.80. The van der Waals surface area contributed by atoms with Crippen LogP contribution in [0.2, 0.25) is 0 Å². The molecule has 0 bridgehead atoms. The molecule has 1 atom stereocenters. The molecule has 0 rings (SSSR count). The number of rotatable bonds is 9. The molecule has 0 N–H and O–H groups in total. The zero-order valence-electron chi connectivity index (χ0n) is 9.84. The minimum atomic E-state index is 0.349. The highest BCUT2D eigenvalue weighted by Crippen LogP contribution is 2.11. The molecule has 0 amide bonds. The molecule has 14 heavy (non-hydrogen) atoms. The van der Waals surface area contributed by atoms with E-state index < -0.39 is 0 Å². The summed E-state index contributed by atoms with van der Waals surface area (Å²) in [6.07, 6.45) is 4.67. The van der Waals surface area contributed by atoms with Crippen molar-refractivity contribution in [1.82, 2.24) is 0 Å². The van der Waals surface area contributed by atoms with Gasteiger partial charge in [-0.3, -0.25) is 4.79 Å². The standard InChI is InChI=1S/C12H24O2/c1-4-6-11(3)10-12(13)7-9-14-8-5-2/h11H,4-10H2,1-3H3. The Morgan fingerprint density at radius 3 is 2.50 bits per heavy atom. The molecule has 0 aliphatic carbocycles. The molecule has 0 aliphatic rings. The van der Waals surface area contributed by atoms with Crippen molar-refractivity contribution in [2.45, 2.75) is 52.9 Å². The quantitative estimate of drug-likeness (QED) is 0.534. The van der Waals surface area contributed by atoms with Gasteiger partial charge in [-0.2, -0.15) is 0 Å². The molecular formula is C12H24O2. The maximum Gasteiger partial charge on any atom is 0.135 e. The molecule has 0 aromatic rings. The third kappa shape index (κ3) is 8.24. The van der Waals surface area contributed by atoms with E-state index in [4.69, 9.17) is 4.74 Å². The summed E-state index contributed by atoms with van der Waals surface area (Å²) in [7, 11) is 0. The molecular weight excluding hydrogens is 176 g/mol. The normalized spacial score (nSPS) is 12.8. The lowest BCUT2D eigenvalue weighted by Crippen LogP contribution is -2.09. The summed E-state index contributed by atoms with van der Waals surface area (Å²) in [5, 5.41) is 0. The Labute approximate surface area is 88.0 Å². The Hall–Kier alpha value is -0.370. The third-order valence-corrected chi connectivity index (χ3v) is 2.23. The number of ether oxygens (including phenoxy) is 1. The fourth-order valence-electron chi connectivity index (χ4n) is 1.52. The average molecular weight is 200 g/mol. The van der Waals surface area contributed by atoms with Gasteiger partial charge in [-0.25, -0.2) is 0 Å². The van der Waals surface area contributed by atoms with Crippen LogP contribution in [0.5, 0.6) is 0 Å². The zero-order chi connectivity index (χ0) is 10.8. The number of hydrogen-bond acceptors (Lipinski definition) is 2. The van der Waals surface area contributed by atoms with Gasteiger partial charge in [0.1, 0.15) is 5.78 Å². The van der Waals surface area contributed by atoms with E-state index >= 15 is 0 Å². The SMILES string of the molecule is CCCOCCC(=O)CC(C)CCC. The van der Waals surface area contributed by atoms with E-state index in [1.165, 1.54) is 6.42 Å². The lowest BCUT2D eigenvalue weighted by molar-refractivity contribution is -0.120. The summed E-state index contributed by atoms with van der Waals surface area (Å²) in [4.78, 5) is 11.4. The number of carbonyl (C=O) groups is 1. The van der Waals surface area contributed by atoms with Gasteiger partial charge in [0.15, 0.2) is 0 Å². The van der Waals surface area contributed by atoms with Crippen molar-refractivity contribution in [3.63, 3.8) is 0 Å². The summed E-state index contributed by atoms with van der Waals surface area (Å²) in [5.74, 6) is 0.890.